The third kappa shape index (κ3) is 5.73. The molecule has 2 aromatic rings. The van der Waals surface area contributed by atoms with Crippen LogP contribution in [-0.2, 0) is 14.3 Å². The lowest BCUT2D eigenvalue weighted by molar-refractivity contribution is -0.153. The van der Waals surface area contributed by atoms with Gasteiger partial charge in [-0.05, 0) is 31.2 Å². The molecule has 136 valence electrons. The average molecular weight is 356 g/mol. The normalized spacial score (nSPS) is 10.0. The van der Waals surface area contributed by atoms with Gasteiger partial charge in [-0.15, -0.1) is 0 Å². The summed E-state index contributed by atoms with van der Waals surface area (Å²) < 4.78 is 15.7. The molecule has 0 bridgehead atoms. The number of esters is 1. The number of Topliss-reactive ketones (excluding diaryl/α,β-unsaturated/α-hetero) is 2. The van der Waals surface area contributed by atoms with Crippen LogP contribution in [-0.4, -0.2) is 37.4 Å². The van der Waals surface area contributed by atoms with E-state index in [9.17, 15) is 14.4 Å². The molecule has 2 aromatic carbocycles. The maximum Gasteiger partial charge on any atom is 0.375 e. The third-order valence-corrected chi connectivity index (χ3v) is 3.36. The van der Waals surface area contributed by atoms with Gasteiger partial charge in [-0.1, -0.05) is 30.3 Å². The molecule has 0 N–H and O–H groups in total. The van der Waals surface area contributed by atoms with Gasteiger partial charge in [0.25, 0.3) is 0 Å². The van der Waals surface area contributed by atoms with Gasteiger partial charge in [-0.25, -0.2) is 4.79 Å². The van der Waals surface area contributed by atoms with Crippen LogP contribution < -0.4 is 9.47 Å². The minimum atomic E-state index is -1.00. The van der Waals surface area contributed by atoms with Gasteiger partial charge in [-0.3, -0.25) is 9.59 Å². The highest BCUT2D eigenvalue weighted by molar-refractivity contribution is 6.38. The van der Waals surface area contributed by atoms with Gasteiger partial charge in [0.1, 0.15) is 24.7 Å². The van der Waals surface area contributed by atoms with E-state index in [1.165, 1.54) is 0 Å². The summed E-state index contributed by atoms with van der Waals surface area (Å²) in [5, 5.41) is 0. The van der Waals surface area contributed by atoms with Crippen molar-refractivity contribution in [3.05, 3.63) is 60.2 Å². The smallest absolute Gasteiger partial charge is 0.375 e. The fourth-order valence-electron chi connectivity index (χ4n) is 2.18. The number of ether oxygens (including phenoxy) is 3. The predicted octanol–water partition coefficient (Wildman–Crippen LogP) is 2.85. The Morgan fingerprint density at radius 1 is 0.846 bits per heavy atom. The summed E-state index contributed by atoms with van der Waals surface area (Å²) in [5.74, 6) is -1.32. The molecule has 0 aliphatic rings. The van der Waals surface area contributed by atoms with Crippen molar-refractivity contribution in [3.63, 3.8) is 0 Å². The number of carbonyl (C=O) groups is 3. The third-order valence-electron chi connectivity index (χ3n) is 3.36. The van der Waals surface area contributed by atoms with Crippen LogP contribution in [0.5, 0.6) is 11.5 Å². The van der Waals surface area contributed by atoms with Crippen molar-refractivity contribution in [2.45, 2.75) is 13.3 Å². The van der Waals surface area contributed by atoms with Gasteiger partial charge in [0.15, 0.2) is 5.78 Å². The summed E-state index contributed by atoms with van der Waals surface area (Å²) in [6.07, 6.45) is -0.556. The van der Waals surface area contributed by atoms with Gasteiger partial charge in [-0.2, -0.15) is 0 Å². The largest absolute Gasteiger partial charge is 0.490 e. The lowest BCUT2D eigenvalue weighted by Crippen LogP contribution is -2.21. The molecule has 0 aliphatic heterocycles. The van der Waals surface area contributed by atoms with Crippen LogP contribution in [0.3, 0.4) is 0 Å². The van der Waals surface area contributed by atoms with Crippen molar-refractivity contribution < 1.29 is 28.6 Å². The van der Waals surface area contributed by atoms with Gasteiger partial charge >= 0.3 is 5.97 Å². The van der Waals surface area contributed by atoms with E-state index in [-0.39, 0.29) is 18.8 Å². The van der Waals surface area contributed by atoms with Crippen LogP contribution in [0.25, 0.3) is 0 Å². The van der Waals surface area contributed by atoms with Crippen LogP contribution in [0.15, 0.2) is 54.6 Å². The number of carbonyl (C=O) groups excluding carboxylic acids is 3. The summed E-state index contributed by atoms with van der Waals surface area (Å²) in [7, 11) is 0. The first-order chi connectivity index (χ1) is 12.6. The molecule has 0 radical (unpaired) electrons. The number of para-hydroxylation sites is 2. The summed E-state index contributed by atoms with van der Waals surface area (Å²) in [5.41, 5.74) is 0.241. The second kappa shape index (κ2) is 9.98. The van der Waals surface area contributed by atoms with Crippen molar-refractivity contribution in [1.29, 1.82) is 0 Å². The molecule has 0 amide bonds. The SMILES string of the molecule is CCOC(=O)C(=O)CC(=O)c1ccccc1OCCOc1ccccc1. The van der Waals surface area contributed by atoms with Crippen LogP contribution in [0.2, 0.25) is 0 Å². The Bertz CT molecular complexity index is 754. The molecule has 6 heteroatoms. The standard InChI is InChI=1S/C20H20O6/c1-2-24-20(23)18(22)14-17(21)16-10-6-7-11-19(16)26-13-12-25-15-8-4-3-5-9-15/h3-11H,2,12-14H2,1H3. The minimum absolute atomic E-state index is 0.0832. The minimum Gasteiger partial charge on any atom is -0.490 e. The Balaban J connectivity index is 1.91. The van der Waals surface area contributed by atoms with Crippen molar-refractivity contribution in [1.82, 2.24) is 0 Å². The maximum atomic E-state index is 12.3. The van der Waals surface area contributed by atoms with Crippen molar-refractivity contribution in [2.75, 3.05) is 19.8 Å². The number of hydrogen-bond donors (Lipinski definition) is 0. The Morgan fingerprint density at radius 3 is 2.23 bits per heavy atom. The van der Waals surface area contributed by atoms with E-state index in [1.807, 2.05) is 30.3 Å². The monoisotopic (exact) mass is 356 g/mol. The van der Waals surface area contributed by atoms with Gasteiger partial charge in [0, 0.05) is 0 Å². The number of hydrogen-bond acceptors (Lipinski definition) is 6. The molecule has 0 aromatic heterocycles. The molecule has 0 saturated heterocycles. The first-order valence-corrected chi connectivity index (χ1v) is 8.24. The molecule has 2 rings (SSSR count). The Hall–Kier alpha value is -3.15. The second-order valence-corrected chi connectivity index (χ2v) is 5.25. The second-order valence-electron chi connectivity index (χ2n) is 5.25. The Kier molecular flexibility index (Phi) is 7.36. The highest BCUT2D eigenvalue weighted by Gasteiger charge is 2.22. The molecule has 0 atom stereocenters. The van der Waals surface area contributed by atoms with E-state index >= 15 is 0 Å². The van der Waals surface area contributed by atoms with E-state index in [0.29, 0.717) is 12.4 Å². The van der Waals surface area contributed by atoms with Crippen LogP contribution >= 0.6 is 0 Å². The van der Waals surface area contributed by atoms with E-state index in [1.54, 1.807) is 31.2 Å². The summed E-state index contributed by atoms with van der Waals surface area (Å²) in [4.78, 5) is 35.4. The van der Waals surface area contributed by atoms with E-state index in [4.69, 9.17) is 9.47 Å². The first kappa shape index (κ1) is 19.2. The summed E-state index contributed by atoms with van der Waals surface area (Å²) >= 11 is 0. The zero-order chi connectivity index (χ0) is 18.8. The first-order valence-electron chi connectivity index (χ1n) is 8.24. The molecule has 0 fully saturated rings. The summed E-state index contributed by atoms with van der Waals surface area (Å²) in [6, 6.07) is 15.8. The molecule has 0 unspecified atom stereocenters. The van der Waals surface area contributed by atoms with E-state index in [2.05, 4.69) is 4.74 Å². The average Bonchev–Trinajstić information content (AvgIpc) is 2.66. The molecular formula is C20H20O6. The lowest BCUT2D eigenvalue weighted by atomic mass is 10.1. The van der Waals surface area contributed by atoms with Gasteiger partial charge in [0.05, 0.1) is 18.6 Å². The highest BCUT2D eigenvalue weighted by atomic mass is 16.5. The van der Waals surface area contributed by atoms with Gasteiger partial charge < -0.3 is 14.2 Å². The van der Waals surface area contributed by atoms with E-state index in [0.717, 1.165) is 5.75 Å². The van der Waals surface area contributed by atoms with Crippen LogP contribution in [0, 0.1) is 0 Å². The maximum absolute atomic E-state index is 12.3. The molecule has 26 heavy (non-hydrogen) atoms. The molecule has 0 saturated carbocycles. The van der Waals surface area contributed by atoms with Crippen molar-refractivity contribution >= 4 is 17.5 Å². The number of benzene rings is 2. The number of rotatable bonds is 10. The van der Waals surface area contributed by atoms with Crippen LogP contribution in [0.4, 0.5) is 0 Å². The lowest BCUT2D eigenvalue weighted by Gasteiger charge is -2.11. The Labute approximate surface area is 151 Å². The van der Waals surface area contributed by atoms with Crippen molar-refractivity contribution in [2.24, 2.45) is 0 Å². The zero-order valence-corrected chi connectivity index (χ0v) is 14.5. The number of ketones is 2. The predicted molar refractivity (Wildman–Crippen MR) is 94.5 cm³/mol. The fraction of sp³-hybridized carbons (Fsp3) is 0.250. The molecule has 0 aliphatic carbocycles. The highest BCUT2D eigenvalue weighted by Crippen LogP contribution is 2.20. The van der Waals surface area contributed by atoms with Gasteiger partial charge in [0.2, 0.25) is 5.78 Å². The molecular weight excluding hydrogens is 336 g/mol. The van der Waals surface area contributed by atoms with Crippen molar-refractivity contribution in [3.8, 4) is 11.5 Å². The molecule has 0 spiro atoms. The topological polar surface area (TPSA) is 78.9 Å². The molecule has 6 nitrogen and oxygen atoms in total. The molecule has 0 heterocycles. The van der Waals surface area contributed by atoms with Crippen LogP contribution in [0.1, 0.15) is 23.7 Å². The quantitative estimate of drug-likeness (QED) is 0.214. The summed E-state index contributed by atoms with van der Waals surface area (Å²) in [6.45, 7) is 2.20. The van der Waals surface area contributed by atoms with E-state index < -0.39 is 24.0 Å². The Morgan fingerprint density at radius 2 is 1.50 bits per heavy atom. The zero-order valence-electron chi connectivity index (χ0n) is 14.5. The fourth-order valence-corrected chi connectivity index (χ4v) is 2.18.